The van der Waals surface area contributed by atoms with Crippen molar-refractivity contribution in [2.24, 2.45) is 7.05 Å². The first kappa shape index (κ1) is 16.1. The van der Waals surface area contributed by atoms with Gasteiger partial charge >= 0.3 is 0 Å². The van der Waals surface area contributed by atoms with Crippen LogP contribution in [0.25, 0.3) is 0 Å². The van der Waals surface area contributed by atoms with Gasteiger partial charge in [-0.15, -0.1) is 0 Å². The third-order valence-corrected chi connectivity index (χ3v) is 3.41. The van der Waals surface area contributed by atoms with Gasteiger partial charge in [0.05, 0.1) is 12.8 Å². The standard InChI is InChI=1S/C17H23N3O2/c1-5-22-16-8-6-15(7-9-16)17(21)20(13(2)3)12-14-10-18-19(4)11-14/h6-11,13H,5,12H2,1-4H3. The van der Waals surface area contributed by atoms with E-state index in [9.17, 15) is 4.79 Å². The van der Waals surface area contributed by atoms with Crippen LogP contribution in [0.4, 0.5) is 0 Å². The maximum absolute atomic E-state index is 12.7. The van der Waals surface area contributed by atoms with Gasteiger partial charge in [-0.05, 0) is 45.0 Å². The summed E-state index contributed by atoms with van der Waals surface area (Å²) in [7, 11) is 1.87. The Kier molecular flexibility index (Phi) is 5.20. The zero-order chi connectivity index (χ0) is 16.1. The van der Waals surface area contributed by atoms with Crippen molar-refractivity contribution in [3.8, 4) is 5.75 Å². The van der Waals surface area contributed by atoms with E-state index in [2.05, 4.69) is 5.10 Å². The molecule has 1 aromatic heterocycles. The van der Waals surface area contributed by atoms with Crippen molar-refractivity contribution in [2.75, 3.05) is 6.61 Å². The van der Waals surface area contributed by atoms with Crippen molar-refractivity contribution in [1.29, 1.82) is 0 Å². The molecule has 0 radical (unpaired) electrons. The minimum atomic E-state index is 0.0156. The summed E-state index contributed by atoms with van der Waals surface area (Å²) in [5, 5.41) is 4.16. The minimum absolute atomic E-state index is 0.0156. The molecule has 0 saturated heterocycles. The Labute approximate surface area is 131 Å². The van der Waals surface area contributed by atoms with Gasteiger partial charge in [0.15, 0.2) is 0 Å². The lowest BCUT2D eigenvalue weighted by Gasteiger charge is -2.26. The number of hydrogen-bond donors (Lipinski definition) is 0. The van der Waals surface area contributed by atoms with E-state index >= 15 is 0 Å². The number of carbonyl (C=O) groups is 1. The molecule has 5 nitrogen and oxygen atoms in total. The molecule has 1 heterocycles. The maximum Gasteiger partial charge on any atom is 0.254 e. The van der Waals surface area contributed by atoms with Crippen LogP contribution in [0.15, 0.2) is 36.7 Å². The summed E-state index contributed by atoms with van der Waals surface area (Å²) >= 11 is 0. The Balaban J connectivity index is 2.15. The molecule has 1 aromatic carbocycles. The highest BCUT2D eigenvalue weighted by molar-refractivity contribution is 5.94. The number of benzene rings is 1. The minimum Gasteiger partial charge on any atom is -0.494 e. The zero-order valence-corrected chi connectivity index (χ0v) is 13.6. The zero-order valence-electron chi connectivity index (χ0n) is 13.6. The molecule has 0 spiro atoms. The first-order valence-corrected chi connectivity index (χ1v) is 7.52. The summed E-state index contributed by atoms with van der Waals surface area (Å²) in [4.78, 5) is 14.6. The molecule has 0 aliphatic heterocycles. The number of hydrogen-bond acceptors (Lipinski definition) is 3. The molecule has 0 aliphatic carbocycles. The third kappa shape index (κ3) is 3.87. The van der Waals surface area contributed by atoms with Gasteiger partial charge < -0.3 is 9.64 Å². The SMILES string of the molecule is CCOc1ccc(C(=O)N(Cc2cnn(C)c2)C(C)C)cc1. The van der Waals surface area contributed by atoms with Crippen molar-refractivity contribution in [1.82, 2.24) is 14.7 Å². The van der Waals surface area contributed by atoms with Gasteiger partial charge in [-0.2, -0.15) is 5.10 Å². The smallest absolute Gasteiger partial charge is 0.254 e. The number of aromatic nitrogens is 2. The van der Waals surface area contributed by atoms with E-state index in [1.807, 2.05) is 63.2 Å². The Bertz CT molecular complexity index is 617. The summed E-state index contributed by atoms with van der Waals surface area (Å²) in [6.07, 6.45) is 3.72. The van der Waals surface area contributed by atoms with Crippen LogP contribution in [0.5, 0.6) is 5.75 Å². The number of aryl methyl sites for hydroxylation is 1. The Morgan fingerprint density at radius 1 is 1.32 bits per heavy atom. The highest BCUT2D eigenvalue weighted by Gasteiger charge is 2.19. The van der Waals surface area contributed by atoms with Crippen molar-refractivity contribution in [2.45, 2.75) is 33.4 Å². The van der Waals surface area contributed by atoms with E-state index in [4.69, 9.17) is 4.74 Å². The average molecular weight is 301 g/mol. The van der Waals surface area contributed by atoms with Crippen LogP contribution >= 0.6 is 0 Å². The molecule has 2 rings (SSSR count). The lowest BCUT2D eigenvalue weighted by Crippen LogP contribution is -2.36. The molecule has 5 heteroatoms. The van der Waals surface area contributed by atoms with Gasteiger partial charge in [-0.3, -0.25) is 9.48 Å². The predicted octanol–water partition coefficient (Wildman–Crippen LogP) is 2.87. The second-order valence-corrected chi connectivity index (χ2v) is 5.51. The van der Waals surface area contributed by atoms with Crippen molar-refractivity contribution >= 4 is 5.91 Å². The molecule has 1 amide bonds. The van der Waals surface area contributed by atoms with Crippen LogP contribution in [-0.4, -0.2) is 33.2 Å². The Morgan fingerprint density at radius 2 is 2.00 bits per heavy atom. The normalized spacial score (nSPS) is 10.8. The highest BCUT2D eigenvalue weighted by Crippen LogP contribution is 2.16. The van der Waals surface area contributed by atoms with Crippen molar-refractivity contribution in [3.63, 3.8) is 0 Å². The molecule has 0 bridgehead atoms. The molecule has 118 valence electrons. The molecule has 22 heavy (non-hydrogen) atoms. The summed E-state index contributed by atoms with van der Waals surface area (Å²) in [6, 6.07) is 7.40. The number of ether oxygens (including phenoxy) is 1. The number of carbonyl (C=O) groups excluding carboxylic acids is 1. The van der Waals surface area contributed by atoms with E-state index in [-0.39, 0.29) is 11.9 Å². The monoisotopic (exact) mass is 301 g/mol. The van der Waals surface area contributed by atoms with E-state index in [0.29, 0.717) is 18.7 Å². The fraction of sp³-hybridized carbons (Fsp3) is 0.412. The highest BCUT2D eigenvalue weighted by atomic mass is 16.5. The first-order chi connectivity index (χ1) is 10.5. The molecular formula is C17H23N3O2. The van der Waals surface area contributed by atoms with E-state index in [0.717, 1.165) is 11.3 Å². The van der Waals surface area contributed by atoms with Crippen LogP contribution in [-0.2, 0) is 13.6 Å². The van der Waals surface area contributed by atoms with Gasteiger partial charge in [-0.1, -0.05) is 0 Å². The fourth-order valence-electron chi connectivity index (χ4n) is 2.27. The Hall–Kier alpha value is -2.30. The largest absolute Gasteiger partial charge is 0.494 e. The number of nitrogens with zero attached hydrogens (tertiary/aromatic N) is 3. The molecule has 0 unspecified atom stereocenters. The fourth-order valence-corrected chi connectivity index (χ4v) is 2.27. The molecule has 0 fully saturated rings. The summed E-state index contributed by atoms with van der Waals surface area (Å²) in [5.41, 5.74) is 1.69. The second kappa shape index (κ2) is 7.11. The van der Waals surface area contributed by atoms with E-state index in [1.54, 1.807) is 10.9 Å². The lowest BCUT2D eigenvalue weighted by atomic mass is 10.1. The Morgan fingerprint density at radius 3 is 2.50 bits per heavy atom. The summed E-state index contributed by atoms with van der Waals surface area (Å²) in [6.45, 7) is 7.14. The summed E-state index contributed by atoms with van der Waals surface area (Å²) < 4.78 is 7.16. The van der Waals surface area contributed by atoms with Gasteiger partial charge in [0.25, 0.3) is 5.91 Å². The number of rotatable bonds is 6. The van der Waals surface area contributed by atoms with Crippen LogP contribution in [0.1, 0.15) is 36.7 Å². The quantitative estimate of drug-likeness (QED) is 0.824. The summed E-state index contributed by atoms with van der Waals surface area (Å²) in [5.74, 6) is 0.796. The number of amides is 1. The van der Waals surface area contributed by atoms with Crippen LogP contribution in [0.3, 0.4) is 0 Å². The third-order valence-electron chi connectivity index (χ3n) is 3.41. The molecule has 0 aliphatic rings. The predicted molar refractivity (Wildman–Crippen MR) is 85.8 cm³/mol. The van der Waals surface area contributed by atoms with Crippen molar-refractivity contribution < 1.29 is 9.53 Å². The van der Waals surface area contributed by atoms with E-state index < -0.39 is 0 Å². The van der Waals surface area contributed by atoms with E-state index in [1.165, 1.54) is 0 Å². The van der Waals surface area contributed by atoms with Crippen LogP contribution < -0.4 is 4.74 Å². The molecule has 2 aromatic rings. The first-order valence-electron chi connectivity index (χ1n) is 7.52. The average Bonchev–Trinajstić information content (AvgIpc) is 2.90. The topological polar surface area (TPSA) is 47.4 Å². The lowest BCUT2D eigenvalue weighted by molar-refractivity contribution is 0.0690. The van der Waals surface area contributed by atoms with Gasteiger partial charge in [-0.25, -0.2) is 0 Å². The van der Waals surface area contributed by atoms with Gasteiger partial charge in [0.2, 0.25) is 0 Å². The molecule has 0 saturated carbocycles. The second-order valence-electron chi connectivity index (χ2n) is 5.51. The van der Waals surface area contributed by atoms with Gasteiger partial charge in [0.1, 0.15) is 5.75 Å². The van der Waals surface area contributed by atoms with Crippen LogP contribution in [0, 0.1) is 0 Å². The maximum atomic E-state index is 12.7. The van der Waals surface area contributed by atoms with Crippen LogP contribution in [0.2, 0.25) is 0 Å². The molecule has 0 N–H and O–H groups in total. The molecule has 0 atom stereocenters. The molecular weight excluding hydrogens is 278 g/mol. The van der Waals surface area contributed by atoms with Gasteiger partial charge in [0, 0.05) is 37.0 Å². The van der Waals surface area contributed by atoms with Crippen molar-refractivity contribution in [3.05, 3.63) is 47.8 Å².